The molecule has 0 aliphatic rings. The average Bonchev–Trinajstić information content (AvgIpc) is 2.63. The number of carbonyl (C=O) groups excluding carboxylic acids is 2. The van der Waals surface area contributed by atoms with Gasteiger partial charge in [0.25, 0.3) is 0 Å². The van der Waals surface area contributed by atoms with E-state index in [1.807, 2.05) is 63.2 Å². The first-order valence-corrected chi connectivity index (χ1v) is 9.15. The van der Waals surface area contributed by atoms with Gasteiger partial charge in [-0.25, -0.2) is 0 Å². The van der Waals surface area contributed by atoms with Gasteiger partial charge in [0.2, 0.25) is 11.8 Å². The second-order valence-electron chi connectivity index (χ2n) is 7.23. The molecule has 27 heavy (non-hydrogen) atoms. The van der Waals surface area contributed by atoms with Crippen LogP contribution >= 0.6 is 12.4 Å². The summed E-state index contributed by atoms with van der Waals surface area (Å²) in [5, 5.41) is 7.99. The summed E-state index contributed by atoms with van der Waals surface area (Å²) in [7, 11) is 0. The summed E-state index contributed by atoms with van der Waals surface area (Å²) >= 11 is 0. The Labute approximate surface area is 167 Å². The first kappa shape index (κ1) is 22.9. The molecule has 2 amide bonds. The van der Waals surface area contributed by atoms with Gasteiger partial charge in [0.05, 0.1) is 6.42 Å². The van der Waals surface area contributed by atoms with Crippen molar-refractivity contribution < 1.29 is 9.59 Å². The molecule has 2 aromatic rings. The van der Waals surface area contributed by atoms with Crippen molar-refractivity contribution in [3.05, 3.63) is 48.0 Å². The number of hydrogen-bond acceptors (Lipinski definition) is 3. The van der Waals surface area contributed by atoms with E-state index in [2.05, 4.69) is 10.6 Å². The van der Waals surface area contributed by atoms with E-state index >= 15 is 0 Å². The van der Waals surface area contributed by atoms with Crippen LogP contribution in [0.5, 0.6) is 0 Å². The third-order valence-corrected chi connectivity index (χ3v) is 4.47. The van der Waals surface area contributed by atoms with Crippen LogP contribution in [0, 0.1) is 11.8 Å². The largest absolute Gasteiger partial charge is 0.354 e. The molecular weight excluding hydrogens is 362 g/mol. The molecule has 0 heterocycles. The van der Waals surface area contributed by atoms with Crippen LogP contribution in [0.25, 0.3) is 10.8 Å². The lowest BCUT2D eigenvalue weighted by Crippen LogP contribution is -2.51. The Morgan fingerprint density at radius 2 is 1.70 bits per heavy atom. The van der Waals surface area contributed by atoms with E-state index in [1.165, 1.54) is 0 Å². The summed E-state index contributed by atoms with van der Waals surface area (Å²) in [6.45, 7) is 6.85. The molecule has 0 spiro atoms. The molecule has 2 rings (SSSR count). The molecule has 4 N–H and O–H groups in total. The fourth-order valence-corrected chi connectivity index (χ4v) is 2.76. The van der Waals surface area contributed by atoms with Crippen molar-refractivity contribution in [2.45, 2.75) is 33.2 Å². The van der Waals surface area contributed by atoms with Gasteiger partial charge in [0.1, 0.15) is 6.04 Å². The summed E-state index contributed by atoms with van der Waals surface area (Å²) in [5.74, 6) is -0.100. The number of nitrogens with two attached hydrogens (primary N) is 1. The lowest BCUT2D eigenvalue weighted by molar-refractivity contribution is -0.129. The number of halogens is 1. The van der Waals surface area contributed by atoms with Gasteiger partial charge in [0.15, 0.2) is 0 Å². The number of benzene rings is 2. The second kappa shape index (κ2) is 10.9. The standard InChI is InChI=1S/C21H29N3O2.ClH/c1-14(2)20(21(26)23-13-15(3)12-22)24-19(25)11-16-8-9-17-6-4-5-7-18(17)10-16;/h4-10,14-15,20H,11-13,22H2,1-3H3,(H,23,26)(H,24,25);1H. The van der Waals surface area contributed by atoms with Crippen molar-refractivity contribution in [1.29, 1.82) is 0 Å². The fourth-order valence-electron chi connectivity index (χ4n) is 2.76. The molecule has 5 nitrogen and oxygen atoms in total. The molecule has 0 bridgehead atoms. The Morgan fingerprint density at radius 3 is 2.33 bits per heavy atom. The van der Waals surface area contributed by atoms with Gasteiger partial charge in [-0.2, -0.15) is 0 Å². The first-order chi connectivity index (χ1) is 12.4. The maximum absolute atomic E-state index is 12.5. The van der Waals surface area contributed by atoms with Gasteiger partial charge in [-0.05, 0) is 34.7 Å². The minimum Gasteiger partial charge on any atom is -0.354 e. The minimum absolute atomic E-state index is 0. The molecule has 0 aliphatic heterocycles. The highest BCUT2D eigenvalue weighted by Crippen LogP contribution is 2.16. The van der Waals surface area contributed by atoms with E-state index in [4.69, 9.17) is 5.73 Å². The molecule has 2 atom stereocenters. The maximum Gasteiger partial charge on any atom is 0.242 e. The summed E-state index contributed by atoms with van der Waals surface area (Å²) < 4.78 is 0. The topological polar surface area (TPSA) is 84.2 Å². The quantitative estimate of drug-likeness (QED) is 0.646. The number of nitrogens with one attached hydrogen (secondary N) is 2. The van der Waals surface area contributed by atoms with Gasteiger partial charge in [0, 0.05) is 6.54 Å². The van der Waals surface area contributed by atoms with Crippen molar-refractivity contribution in [1.82, 2.24) is 10.6 Å². The number of rotatable bonds is 8. The molecule has 2 unspecified atom stereocenters. The number of fused-ring (bicyclic) bond motifs is 1. The summed E-state index contributed by atoms with van der Waals surface area (Å²) in [6, 6.07) is 13.5. The van der Waals surface area contributed by atoms with Crippen LogP contribution in [0.15, 0.2) is 42.5 Å². The molecule has 0 aliphatic carbocycles. The first-order valence-electron chi connectivity index (χ1n) is 9.15. The number of carbonyl (C=O) groups is 2. The van der Waals surface area contributed by atoms with E-state index in [9.17, 15) is 9.59 Å². The molecular formula is C21H30ClN3O2. The predicted molar refractivity (Wildman–Crippen MR) is 113 cm³/mol. The third kappa shape index (κ3) is 6.85. The number of amides is 2. The molecule has 6 heteroatoms. The number of hydrogen-bond donors (Lipinski definition) is 3. The summed E-state index contributed by atoms with van der Waals surface area (Å²) in [6.07, 6.45) is 0.251. The van der Waals surface area contributed by atoms with Crippen LogP contribution in [-0.4, -0.2) is 30.9 Å². The van der Waals surface area contributed by atoms with Crippen LogP contribution in [-0.2, 0) is 16.0 Å². The third-order valence-electron chi connectivity index (χ3n) is 4.47. The molecule has 0 aromatic heterocycles. The molecule has 0 saturated heterocycles. The molecule has 148 valence electrons. The molecule has 0 fully saturated rings. The van der Waals surface area contributed by atoms with Crippen LogP contribution in [0.3, 0.4) is 0 Å². The fraction of sp³-hybridized carbons (Fsp3) is 0.429. The highest BCUT2D eigenvalue weighted by Gasteiger charge is 2.24. The Morgan fingerprint density at radius 1 is 1.04 bits per heavy atom. The van der Waals surface area contributed by atoms with Crippen molar-refractivity contribution in [2.24, 2.45) is 17.6 Å². The lowest BCUT2D eigenvalue weighted by atomic mass is 10.0. The zero-order valence-electron chi connectivity index (χ0n) is 16.2. The van der Waals surface area contributed by atoms with Gasteiger partial charge in [-0.1, -0.05) is 63.2 Å². The predicted octanol–water partition coefficient (Wildman–Crippen LogP) is 2.66. The van der Waals surface area contributed by atoms with E-state index in [-0.39, 0.29) is 42.5 Å². The van der Waals surface area contributed by atoms with Crippen LogP contribution in [0.2, 0.25) is 0 Å². The maximum atomic E-state index is 12.5. The highest BCUT2D eigenvalue weighted by molar-refractivity contribution is 5.89. The Balaban J connectivity index is 0.00000364. The summed E-state index contributed by atoms with van der Waals surface area (Å²) in [5.41, 5.74) is 6.51. The SMILES string of the molecule is CC(CN)CNC(=O)C(NC(=O)Cc1ccc2ccccc2c1)C(C)C.Cl. The van der Waals surface area contributed by atoms with Crippen LogP contribution in [0.1, 0.15) is 26.3 Å². The van der Waals surface area contributed by atoms with Crippen molar-refractivity contribution >= 4 is 35.0 Å². The molecule has 0 radical (unpaired) electrons. The van der Waals surface area contributed by atoms with E-state index in [1.54, 1.807) is 0 Å². The Bertz CT molecular complexity index is 764. The van der Waals surface area contributed by atoms with Gasteiger partial charge in [-0.15, -0.1) is 12.4 Å². The average molecular weight is 392 g/mol. The minimum atomic E-state index is -0.548. The molecule has 0 saturated carbocycles. The molecule has 2 aromatic carbocycles. The van der Waals surface area contributed by atoms with E-state index in [0.29, 0.717) is 13.1 Å². The second-order valence-corrected chi connectivity index (χ2v) is 7.23. The van der Waals surface area contributed by atoms with Crippen molar-refractivity contribution in [2.75, 3.05) is 13.1 Å². The smallest absolute Gasteiger partial charge is 0.242 e. The lowest BCUT2D eigenvalue weighted by Gasteiger charge is -2.22. The van der Waals surface area contributed by atoms with Gasteiger partial charge in [-0.3, -0.25) is 9.59 Å². The highest BCUT2D eigenvalue weighted by atomic mass is 35.5. The normalized spacial score (nSPS) is 12.9. The van der Waals surface area contributed by atoms with Gasteiger partial charge < -0.3 is 16.4 Å². The van der Waals surface area contributed by atoms with Crippen molar-refractivity contribution in [3.63, 3.8) is 0 Å². The van der Waals surface area contributed by atoms with Crippen molar-refractivity contribution in [3.8, 4) is 0 Å². The van der Waals surface area contributed by atoms with Crippen LogP contribution < -0.4 is 16.4 Å². The Kier molecular flexibility index (Phi) is 9.26. The zero-order valence-corrected chi connectivity index (χ0v) is 17.0. The monoisotopic (exact) mass is 391 g/mol. The zero-order chi connectivity index (χ0) is 19.1. The van der Waals surface area contributed by atoms with E-state index < -0.39 is 6.04 Å². The van der Waals surface area contributed by atoms with Gasteiger partial charge >= 0.3 is 0 Å². The van der Waals surface area contributed by atoms with E-state index in [0.717, 1.165) is 16.3 Å². The Hall–Kier alpha value is -2.11. The van der Waals surface area contributed by atoms with Crippen LogP contribution in [0.4, 0.5) is 0 Å². The summed E-state index contributed by atoms with van der Waals surface area (Å²) in [4.78, 5) is 24.9.